The number of rotatable bonds is 6. The summed E-state index contributed by atoms with van der Waals surface area (Å²) in [7, 11) is 1.86. The lowest BCUT2D eigenvalue weighted by Gasteiger charge is -2.13. The molecule has 0 saturated heterocycles. The van der Waals surface area contributed by atoms with Gasteiger partial charge in [0, 0.05) is 44.3 Å². The minimum Gasteiger partial charge on any atom is -0.351 e. The molecule has 3 rings (SSSR count). The average Bonchev–Trinajstić information content (AvgIpc) is 3.06. The van der Waals surface area contributed by atoms with Gasteiger partial charge in [0.15, 0.2) is 0 Å². The van der Waals surface area contributed by atoms with Crippen LogP contribution < -0.4 is 10.6 Å². The first-order chi connectivity index (χ1) is 13.3. The Labute approximate surface area is 159 Å². The second-order valence-corrected chi connectivity index (χ2v) is 6.06. The summed E-state index contributed by atoms with van der Waals surface area (Å²) in [5, 5.41) is 5.56. The van der Waals surface area contributed by atoms with Crippen LogP contribution in [-0.2, 0) is 19.6 Å². The highest BCUT2D eigenvalue weighted by Crippen LogP contribution is 2.31. The molecule has 2 aromatic heterocycles. The fourth-order valence-electron chi connectivity index (χ4n) is 2.62. The van der Waals surface area contributed by atoms with Crippen LogP contribution in [0.5, 0.6) is 0 Å². The summed E-state index contributed by atoms with van der Waals surface area (Å²) in [6.45, 7) is 0.363. The van der Waals surface area contributed by atoms with Crippen molar-refractivity contribution in [3.63, 3.8) is 0 Å². The van der Waals surface area contributed by atoms with Gasteiger partial charge in [0.25, 0.3) is 5.91 Å². The van der Waals surface area contributed by atoms with Crippen molar-refractivity contribution in [3.8, 4) is 0 Å². The van der Waals surface area contributed by atoms with Crippen LogP contribution >= 0.6 is 0 Å². The van der Waals surface area contributed by atoms with Gasteiger partial charge >= 0.3 is 6.18 Å². The van der Waals surface area contributed by atoms with Crippen LogP contribution in [-0.4, -0.2) is 27.0 Å². The Bertz CT molecular complexity index is 968. The number of carbonyl (C=O) groups excluding carboxylic acids is 1. The Morgan fingerprint density at radius 2 is 1.96 bits per heavy atom. The number of carbonyl (C=O) groups is 1. The van der Waals surface area contributed by atoms with Crippen molar-refractivity contribution in [1.82, 2.24) is 19.9 Å². The van der Waals surface area contributed by atoms with Crippen molar-refractivity contribution >= 4 is 17.4 Å². The van der Waals surface area contributed by atoms with Crippen molar-refractivity contribution in [2.24, 2.45) is 7.05 Å². The lowest BCUT2D eigenvalue weighted by Crippen LogP contribution is -2.27. The minimum absolute atomic E-state index is 0.177. The smallest absolute Gasteiger partial charge is 0.351 e. The molecule has 28 heavy (non-hydrogen) atoms. The number of amides is 1. The molecule has 0 saturated carbocycles. The van der Waals surface area contributed by atoms with E-state index in [9.17, 15) is 18.0 Å². The Kier molecular flexibility index (Phi) is 5.62. The molecule has 3 aromatic rings. The van der Waals surface area contributed by atoms with E-state index in [4.69, 9.17) is 0 Å². The lowest BCUT2D eigenvalue weighted by molar-refractivity contribution is -0.137. The summed E-state index contributed by atoms with van der Waals surface area (Å²) in [6.07, 6.45) is 1.05. The first-order valence-corrected chi connectivity index (χ1v) is 8.48. The third-order valence-electron chi connectivity index (χ3n) is 4.06. The number of aryl methyl sites for hydroxylation is 1. The van der Waals surface area contributed by atoms with Crippen molar-refractivity contribution in [1.29, 1.82) is 0 Å². The van der Waals surface area contributed by atoms with Gasteiger partial charge in [0.1, 0.15) is 11.6 Å². The van der Waals surface area contributed by atoms with Crippen LogP contribution in [0.25, 0.3) is 0 Å². The number of nitrogens with zero attached hydrogens (tertiary/aromatic N) is 3. The van der Waals surface area contributed by atoms with E-state index < -0.39 is 11.7 Å². The summed E-state index contributed by atoms with van der Waals surface area (Å²) in [5.41, 5.74) is -0.357. The highest BCUT2D eigenvalue weighted by Gasteiger charge is 2.30. The highest BCUT2D eigenvalue weighted by molar-refractivity contribution is 5.99. The number of nitrogens with one attached hydrogen (secondary N) is 2. The SMILES string of the molecule is Cn1ccnc1CCNC(=O)c1cccnc1Nc1cccc(C(F)(F)F)c1. The van der Waals surface area contributed by atoms with Crippen molar-refractivity contribution in [2.75, 3.05) is 11.9 Å². The van der Waals surface area contributed by atoms with Gasteiger partial charge in [-0.05, 0) is 30.3 Å². The maximum atomic E-state index is 12.9. The minimum atomic E-state index is -4.45. The molecular weight excluding hydrogens is 371 g/mol. The monoisotopic (exact) mass is 389 g/mol. The quantitative estimate of drug-likeness (QED) is 0.676. The molecule has 0 unspecified atom stereocenters. The third kappa shape index (κ3) is 4.67. The first-order valence-electron chi connectivity index (χ1n) is 8.48. The van der Waals surface area contributed by atoms with E-state index in [2.05, 4.69) is 20.6 Å². The Hall–Kier alpha value is -3.36. The number of benzene rings is 1. The van der Waals surface area contributed by atoms with Gasteiger partial charge in [-0.3, -0.25) is 4.79 Å². The van der Waals surface area contributed by atoms with Crippen LogP contribution in [0.2, 0.25) is 0 Å². The second kappa shape index (κ2) is 8.12. The number of pyridine rings is 1. The molecule has 2 N–H and O–H groups in total. The highest BCUT2D eigenvalue weighted by atomic mass is 19.4. The molecule has 146 valence electrons. The van der Waals surface area contributed by atoms with Crippen LogP contribution in [0, 0.1) is 0 Å². The first kappa shape index (κ1) is 19.4. The molecular formula is C19H18F3N5O. The largest absolute Gasteiger partial charge is 0.416 e. The summed E-state index contributed by atoms with van der Waals surface area (Å²) < 4.78 is 40.5. The van der Waals surface area contributed by atoms with E-state index in [1.807, 2.05) is 17.8 Å². The fourth-order valence-corrected chi connectivity index (χ4v) is 2.62. The fraction of sp³-hybridized carbons (Fsp3) is 0.211. The van der Waals surface area contributed by atoms with E-state index in [0.29, 0.717) is 13.0 Å². The molecule has 0 bridgehead atoms. The lowest BCUT2D eigenvalue weighted by atomic mass is 10.2. The van der Waals surface area contributed by atoms with Crippen LogP contribution in [0.1, 0.15) is 21.7 Å². The molecule has 0 atom stereocenters. The Morgan fingerprint density at radius 1 is 1.14 bits per heavy atom. The van der Waals surface area contributed by atoms with Crippen LogP contribution in [0.3, 0.4) is 0 Å². The van der Waals surface area contributed by atoms with Gasteiger partial charge in [0.05, 0.1) is 11.1 Å². The molecule has 2 heterocycles. The van der Waals surface area contributed by atoms with E-state index in [0.717, 1.165) is 18.0 Å². The Morgan fingerprint density at radius 3 is 2.68 bits per heavy atom. The van der Waals surface area contributed by atoms with Gasteiger partial charge in [-0.15, -0.1) is 0 Å². The molecule has 9 heteroatoms. The van der Waals surface area contributed by atoms with Gasteiger partial charge in [-0.2, -0.15) is 13.2 Å². The zero-order chi connectivity index (χ0) is 20.1. The summed E-state index contributed by atoms with van der Waals surface area (Å²) in [6, 6.07) is 7.86. The van der Waals surface area contributed by atoms with Gasteiger partial charge in [0.2, 0.25) is 0 Å². The number of anilines is 2. The topological polar surface area (TPSA) is 71.8 Å². The number of hydrogen-bond donors (Lipinski definition) is 2. The van der Waals surface area contributed by atoms with Crippen molar-refractivity contribution in [2.45, 2.75) is 12.6 Å². The van der Waals surface area contributed by atoms with Gasteiger partial charge in [-0.1, -0.05) is 6.07 Å². The zero-order valence-electron chi connectivity index (χ0n) is 15.0. The van der Waals surface area contributed by atoms with Crippen LogP contribution in [0.15, 0.2) is 55.0 Å². The third-order valence-corrected chi connectivity index (χ3v) is 4.06. The molecule has 0 spiro atoms. The van der Waals surface area contributed by atoms with Crippen LogP contribution in [0.4, 0.5) is 24.7 Å². The second-order valence-electron chi connectivity index (χ2n) is 6.06. The summed E-state index contributed by atoms with van der Waals surface area (Å²) in [5.74, 6) is 0.627. The molecule has 0 fully saturated rings. The standard InChI is InChI=1S/C19H18F3N5O/c1-27-11-10-23-16(27)7-9-25-18(28)15-6-3-8-24-17(15)26-14-5-2-4-13(12-14)19(20,21)22/h2-6,8,10-12H,7,9H2,1H3,(H,24,26)(H,25,28). The number of alkyl halides is 3. The van der Waals surface area contributed by atoms with Gasteiger partial charge in [-0.25, -0.2) is 9.97 Å². The maximum Gasteiger partial charge on any atom is 0.416 e. The molecule has 0 aliphatic heterocycles. The number of hydrogen-bond acceptors (Lipinski definition) is 4. The number of imidazole rings is 1. The predicted octanol–water partition coefficient (Wildman–Crippen LogP) is 3.55. The number of halogens is 3. The van der Waals surface area contributed by atoms with Crippen molar-refractivity contribution in [3.05, 3.63) is 71.9 Å². The van der Waals surface area contributed by atoms with Crippen molar-refractivity contribution < 1.29 is 18.0 Å². The van der Waals surface area contributed by atoms with Gasteiger partial charge < -0.3 is 15.2 Å². The zero-order valence-corrected chi connectivity index (χ0v) is 15.0. The normalized spacial score (nSPS) is 11.3. The molecule has 1 amide bonds. The predicted molar refractivity (Wildman–Crippen MR) is 98.2 cm³/mol. The molecule has 6 nitrogen and oxygen atoms in total. The summed E-state index contributed by atoms with van der Waals surface area (Å²) in [4.78, 5) is 20.8. The maximum absolute atomic E-state index is 12.9. The number of aromatic nitrogens is 3. The average molecular weight is 389 g/mol. The molecule has 0 aliphatic carbocycles. The summed E-state index contributed by atoms with van der Waals surface area (Å²) >= 11 is 0. The van der Waals surface area contributed by atoms with E-state index in [1.54, 1.807) is 18.3 Å². The molecule has 0 aliphatic rings. The molecule has 1 aromatic carbocycles. The Balaban J connectivity index is 1.70. The van der Waals surface area contributed by atoms with E-state index in [-0.39, 0.29) is 23.0 Å². The van der Waals surface area contributed by atoms with E-state index >= 15 is 0 Å². The molecule has 0 radical (unpaired) electrons. The van der Waals surface area contributed by atoms with E-state index in [1.165, 1.54) is 18.3 Å².